The number of furan rings is 1. The van der Waals surface area contributed by atoms with E-state index in [0.717, 1.165) is 72.0 Å². The molecule has 0 saturated carbocycles. The van der Waals surface area contributed by atoms with E-state index in [1.165, 1.54) is 0 Å². The molecule has 5 heteroatoms. The second-order valence-corrected chi connectivity index (χ2v) is 12.3. The van der Waals surface area contributed by atoms with Crippen LogP contribution in [0.2, 0.25) is 0 Å². The molecule has 7 aromatic carbocycles. The van der Waals surface area contributed by atoms with Gasteiger partial charge in [-0.25, -0.2) is 15.0 Å². The molecule has 0 aliphatic heterocycles. The lowest BCUT2D eigenvalue weighted by atomic mass is 9.89. The number of nitrogens with zero attached hydrogens (tertiary/aromatic N) is 4. The summed E-state index contributed by atoms with van der Waals surface area (Å²) in [5, 5.41) is 11.4. The van der Waals surface area contributed by atoms with E-state index in [1.54, 1.807) is 0 Å². The van der Waals surface area contributed by atoms with Gasteiger partial charge in [-0.05, 0) is 52.1 Å². The normalized spacial score (nSPS) is 11.1. The van der Waals surface area contributed by atoms with Gasteiger partial charge in [0.25, 0.3) is 0 Å². The van der Waals surface area contributed by atoms with E-state index in [9.17, 15) is 5.26 Å². The molecule has 0 N–H and O–H groups in total. The second kappa shape index (κ2) is 12.7. The van der Waals surface area contributed by atoms with E-state index in [2.05, 4.69) is 78.9 Å². The monoisotopic (exact) mass is 652 g/mol. The number of rotatable bonds is 6. The van der Waals surface area contributed by atoms with Crippen molar-refractivity contribution in [3.8, 4) is 73.6 Å². The van der Waals surface area contributed by atoms with Gasteiger partial charge in [0.2, 0.25) is 0 Å². The van der Waals surface area contributed by atoms with Crippen LogP contribution in [0.15, 0.2) is 174 Å². The summed E-state index contributed by atoms with van der Waals surface area (Å²) in [7, 11) is 0. The maximum Gasteiger partial charge on any atom is 0.164 e. The van der Waals surface area contributed by atoms with Gasteiger partial charge in [-0.2, -0.15) is 5.26 Å². The Bertz CT molecular complexity index is 2650. The van der Waals surface area contributed by atoms with Gasteiger partial charge in [0.1, 0.15) is 11.2 Å². The Hall–Kier alpha value is -7.16. The third kappa shape index (κ3) is 5.61. The summed E-state index contributed by atoms with van der Waals surface area (Å²) >= 11 is 0. The summed E-state index contributed by atoms with van der Waals surface area (Å²) in [4.78, 5) is 14.7. The molecule has 0 unspecified atom stereocenters. The highest BCUT2D eigenvalue weighted by atomic mass is 16.3. The number of nitriles is 1. The van der Waals surface area contributed by atoms with Gasteiger partial charge >= 0.3 is 0 Å². The standard InChI is InChI=1S/C46H28N4O/c47-29-30-15-17-31(18-16-30)32-19-23-34(24-20-32)42-38(27-28-41-43(42)39-13-7-8-14-40(39)51-41)33-21-25-37(26-22-33)46-49-44(35-9-3-1-4-10-35)48-45(50-46)36-11-5-2-6-12-36/h1-28H. The van der Waals surface area contributed by atoms with Gasteiger partial charge < -0.3 is 4.42 Å². The Morgan fingerprint density at radius 2 is 0.863 bits per heavy atom. The van der Waals surface area contributed by atoms with Gasteiger partial charge in [-0.1, -0.05) is 146 Å². The zero-order valence-corrected chi connectivity index (χ0v) is 27.4. The van der Waals surface area contributed by atoms with Crippen LogP contribution in [0.3, 0.4) is 0 Å². The van der Waals surface area contributed by atoms with Crippen molar-refractivity contribution < 1.29 is 4.42 Å². The summed E-state index contributed by atoms with van der Waals surface area (Å²) in [5.74, 6) is 1.88. The second-order valence-electron chi connectivity index (χ2n) is 12.3. The molecular formula is C46H28N4O. The fraction of sp³-hybridized carbons (Fsp3) is 0. The fourth-order valence-electron chi connectivity index (χ4n) is 6.66. The molecule has 0 amide bonds. The average molecular weight is 653 g/mol. The molecule has 0 aliphatic carbocycles. The molecule has 5 nitrogen and oxygen atoms in total. The van der Waals surface area contributed by atoms with Crippen molar-refractivity contribution in [3.63, 3.8) is 0 Å². The Balaban J connectivity index is 1.16. The number of aromatic nitrogens is 3. The first kappa shape index (κ1) is 29.9. The van der Waals surface area contributed by atoms with Crippen molar-refractivity contribution in [1.82, 2.24) is 15.0 Å². The van der Waals surface area contributed by atoms with Gasteiger partial charge in [0.15, 0.2) is 17.5 Å². The molecular weight excluding hydrogens is 625 g/mol. The van der Waals surface area contributed by atoms with Crippen molar-refractivity contribution in [2.45, 2.75) is 0 Å². The number of benzene rings is 7. The summed E-state index contributed by atoms with van der Waals surface area (Å²) < 4.78 is 6.34. The van der Waals surface area contributed by atoms with Crippen molar-refractivity contribution in [1.29, 1.82) is 5.26 Å². The Morgan fingerprint density at radius 3 is 1.45 bits per heavy atom. The maximum atomic E-state index is 9.24. The van der Waals surface area contributed by atoms with E-state index in [4.69, 9.17) is 19.4 Å². The Labute approximate surface area is 294 Å². The topological polar surface area (TPSA) is 75.6 Å². The minimum Gasteiger partial charge on any atom is -0.456 e. The lowest BCUT2D eigenvalue weighted by molar-refractivity contribution is 0.669. The van der Waals surface area contributed by atoms with Crippen molar-refractivity contribution in [2.75, 3.05) is 0 Å². The van der Waals surface area contributed by atoms with E-state index in [-0.39, 0.29) is 0 Å². The SMILES string of the molecule is N#Cc1ccc(-c2ccc(-c3c(-c4ccc(-c5nc(-c6ccccc6)nc(-c6ccccc6)n5)cc4)ccc4oc5ccccc5c34)cc2)cc1. The highest BCUT2D eigenvalue weighted by Gasteiger charge is 2.19. The van der Waals surface area contributed by atoms with Gasteiger partial charge in [-0.15, -0.1) is 0 Å². The van der Waals surface area contributed by atoms with Gasteiger partial charge in [0, 0.05) is 33.0 Å². The summed E-state index contributed by atoms with van der Waals surface area (Å²) in [6.07, 6.45) is 0. The van der Waals surface area contributed by atoms with Crippen LogP contribution >= 0.6 is 0 Å². The lowest BCUT2D eigenvalue weighted by Gasteiger charge is -2.14. The lowest BCUT2D eigenvalue weighted by Crippen LogP contribution is -2.00. The van der Waals surface area contributed by atoms with Gasteiger partial charge in [-0.3, -0.25) is 0 Å². The number of hydrogen-bond donors (Lipinski definition) is 0. The number of fused-ring (bicyclic) bond motifs is 3. The minimum atomic E-state index is 0.615. The van der Waals surface area contributed by atoms with Crippen LogP contribution in [-0.4, -0.2) is 15.0 Å². The molecule has 0 atom stereocenters. The molecule has 0 aliphatic rings. The number of para-hydroxylation sites is 1. The Morgan fingerprint density at radius 1 is 0.392 bits per heavy atom. The van der Waals surface area contributed by atoms with E-state index in [1.807, 2.05) is 97.1 Å². The van der Waals surface area contributed by atoms with Crippen LogP contribution in [-0.2, 0) is 0 Å². The summed E-state index contributed by atoms with van der Waals surface area (Å²) in [5.41, 5.74) is 11.6. The molecule has 2 aromatic heterocycles. The third-order valence-electron chi connectivity index (χ3n) is 9.22. The maximum absolute atomic E-state index is 9.24. The molecule has 0 fully saturated rings. The molecule has 0 radical (unpaired) electrons. The van der Waals surface area contributed by atoms with Crippen LogP contribution in [0.5, 0.6) is 0 Å². The quantitative estimate of drug-likeness (QED) is 0.179. The van der Waals surface area contributed by atoms with E-state index < -0.39 is 0 Å². The summed E-state index contributed by atoms with van der Waals surface area (Å²) in [6, 6.07) is 59.4. The van der Waals surface area contributed by atoms with Crippen molar-refractivity contribution >= 4 is 21.9 Å². The third-order valence-corrected chi connectivity index (χ3v) is 9.22. The molecule has 2 heterocycles. The first-order valence-electron chi connectivity index (χ1n) is 16.7. The molecule has 0 spiro atoms. The highest BCUT2D eigenvalue weighted by molar-refractivity contribution is 6.16. The predicted octanol–water partition coefficient (Wildman–Crippen LogP) is 11.6. The van der Waals surface area contributed by atoms with Crippen LogP contribution in [0, 0.1) is 11.3 Å². The van der Waals surface area contributed by atoms with Crippen LogP contribution < -0.4 is 0 Å². The molecule has 0 saturated heterocycles. The largest absolute Gasteiger partial charge is 0.456 e. The molecule has 238 valence electrons. The zero-order chi connectivity index (χ0) is 34.1. The summed E-state index contributed by atoms with van der Waals surface area (Å²) in [6.45, 7) is 0. The molecule has 9 aromatic rings. The first-order chi connectivity index (χ1) is 25.2. The minimum absolute atomic E-state index is 0.615. The van der Waals surface area contributed by atoms with Gasteiger partial charge in [0.05, 0.1) is 11.6 Å². The molecule has 9 rings (SSSR count). The zero-order valence-electron chi connectivity index (χ0n) is 27.4. The fourth-order valence-corrected chi connectivity index (χ4v) is 6.66. The highest BCUT2D eigenvalue weighted by Crippen LogP contribution is 2.43. The van der Waals surface area contributed by atoms with E-state index in [0.29, 0.717) is 23.0 Å². The van der Waals surface area contributed by atoms with E-state index >= 15 is 0 Å². The van der Waals surface area contributed by atoms with Crippen LogP contribution in [0.4, 0.5) is 0 Å². The average Bonchev–Trinajstić information content (AvgIpc) is 3.60. The first-order valence-corrected chi connectivity index (χ1v) is 16.7. The molecule has 51 heavy (non-hydrogen) atoms. The van der Waals surface area contributed by atoms with Crippen LogP contribution in [0.25, 0.3) is 89.5 Å². The van der Waals surface area contributed by atoms with Crippen molar-refractivity contribution in [3.05, 3.63) is 175 Å². The Kier molecular flexibility index (Phi) is 7.46. The predicted molar refractivity (Wildman–Crippen MR) is 204 cm³/mol. The van der Waals surface area contributed by atoms with Crippen molar-refractivity contribution in [2.24, 2.45) is 0 Å². The number of hydrogen-bond acceptors (Lipinski definition) is 5. The van der Waals surface area contributed by atoms with Crippen LogP contribution in [0.1, 0.15) is 5.56 Å². The molecule has 0 bridgehead atoms. The smallest absolute Gasteiger partial charge is 0.164 e.